The van der Waals surface area contributed by atoms with Crippen molar-refractivity contribution in [2.45, 2.75) is 33.1 Å². The number of hydrogen-bond acceptors (Lipinski definition) is 6. The molecule has 7 nitrogen and oxygen atoms in total. The fourth-order valence-corrected chi connectivity index (χ4v) is 2.58. The lowest BCUT2D eigenvalue weighted by molar-refractivity contribution is -0.149. The summed E-state index contributed by atoms with van der Waals surface area (Å²) in [6, 6.07) is 12.1. The molecule has 0 bridgehead atoms. The third-order valence-corrected chi connectivity index (χ3v) is 4.31. The lowest BCUT2D eigenvalue weighted by atomic mass is 9.87. The number of benzene rings is 2. The summed E-state index contributed by atoms with van der Waals surface area (Å²) in [7, 11) is 1.43. The van der Waals surface area contributed by atoms with Gasteiger partial charge in [0, 0.05) is 11.3 Å². The molecule has 30 heavy (non-hydrogen) atoms. The predicted molar refractivity (Wildman–Crippen MR) is 113 cm³/mol. The quantitative estimate of drug-likeness (QED) is 0.523. The molecule has 0 aliphatic carbocycles. The second kappa shape index (κ2) is 9.91. The largest absolute Gasteiger partial charge is 0.493 e. The Bertz CT molecular complexity index is 912. The van der Waals surface area contributed by atoms with E-state index in [1.165, 1.54) is 26.2 Å². The third-order valence-electron chi connectivity index (χ3n) is 4.31. The average molecular weight is 413 g/mol. The van der Waals surface area contributed by atoms with Crippen molar-refractivity contribution in [1.29, 1.82) is 0 Å². The van der Waals surface area contributed by atoms with E-state index in [1.54, 1.807) is 18.2 Å². The second-order valence-electron chi connectivity index (χ2n) is 7.75. The summed E-state index contributed by atoms with van der Waals surface area (Å²) < 4.78 is 15.5. The summed E-state index contributed by atoms with van der Waals surface area (Å²) >= 11 is 0. The minimum absolute atomic E-state index is 0.0210. The molecular formula is C23H27NO6. The fourth-order valence-electron chi connectivity index (χ4n) is 2.58. The second-order valence-corrected chi connectivity index (χ2v) is 7.75. The Balaban J connectivity index is 1.82. The summed E-state index contributed by atoms with van der Waals surface area (Å²) in [5.41, 5.74) is 2.26. The minimum Gasteiger partial charge on any atom is -0.493 e. The van der Waals surface area contributed by atoms with Crippen LogP contribution in [0.25, 0.3) is 0 Å². The number of Topliss-reactive ketones (excluding diaryl/α,β-unsaturated/α-hetero) is 1. The van der Waals surface area contributed by atoms with Gasteiger partial charge in [-0.2, -0.15) is 0 Å². The van der Waals surface area contributed by atoms with Crippen LogP contribution in [0.5, 0.6) is 11.5 Å². The summed E-state index contributed by atoms with van der Waals surface area (Å²) in [4.78, 5) is 35.3. The third kappa shape index (κ3) is 6.62. The van der Waals surface area contributed by atoms with Crippen LogP contribution in [0.3, 0.4) is 0 Å². The van der Waals surface area contributed by atoms with Gasteiger partial charge in [-0.3, -0.25) is 9.59 Å². The van der Waals surface area contributed by atoms with Crippen molar-refractivity contribution in [2.75, 3.05) is 25.6 Å². The number of rotatable bonds is 8. The van der Waals surface area contributed by atoms with Gasteiger partial charge in [-0.1, -0.05) is 32.9 Å². The topological polar surface area (TPSA) is 90.9 Å². The number of methoxy groups -OCH3 is 1. The molecule has 2 aromatic rings. The first-order chi connectivity index (χ1) is 14.1. The van der Waals surface area contributed by atoms with Crippen molar-refractivity contribution >= 4 is 23.3 Å². The van der Waals surface area contributed by atoms with E-state index in [9.17, 15) is 14.4 Å². The molecule has 1 amide bonds. The van der Waals surface area contributed by atoms with Crippen LogP contribution in [-0.2, 0) is 19.7 Å². The molecule has 0 radical (unpaired) electrons. The predicted octanol–water partition coefficient (Wildman–Crippen LogP) is 3.76. The van der Waals surface area contributed by atoms with Crippen LogP contribution >= 0.6 is 0 Å². The van der Waals surface area contributed by atoms with Crippen LogP contribution in [0, 0.1) is 0 Å². The Kier molecular flexibility index (Phi) is 7.58. The normalized spacial score (nSPS) is 10.8. The molecule has 0 fully saturated rings. The zero-order chi connectivity index (χ0) is 22.3. The number of carbonyl (C=O) groups is 3. The monoisotopic (exact) mass is 413 g/mol. The summed E-state index contributed by atoms with van der Waals surface area (Å²) in [6.45, 7) is 6.93. The van der Waals surface area contributed by atoms with E-state index in [0.717, 1.165) is 5.56 Å². The van der Waals surface area contributed by atoms with Crippen LogP contribution < -0.4 is 14.8 Å². The van der Waals surface area contributed by atoms with Crippen molar-refractivity contribution in [3.05, 3.63) is 53.6 Å². The molecule has 0 saturated carbocycles. The first-order valence-electron chi connectivity index (χ1n) is 9.48. The highest BCUT2D eigenvalue weighted by atomic mass is 16.6. The standard InChI is InChI=1S/C23H27NO6/c1-15(25)16-6-11-19(20(12-16)28-5)29-14-22(27)30-13-21(26)24-18-9-7-17(8-10-18)23(2,3)4/h6-12H,13-14H2,1-5H3,(H,24,26). The number of esters is 1. The molecule has 0 atom stereocenters. The first kappa shape index (κ1) is 22.9. The van der Waals surface area contributed by atoms with E-state index in [0.29, 0.717) is 22.7 Å². The van der Waals surface area contributed by atoms with Gasteiger partial charge in [0.2, 0.25) is 0 Å². The van der Waals surface area contributed by atoms with Crippen molar-refractivity contribution in [3.8, 4) is 11.5 Å². The van der Waals surface area contributed by atoms with E-state index in [2.05, 4.69) is 26.1 Å². The van der Waals surface area contributed by atoms with Crippen LogP contribution in [0.15, 0.2) is 42.5 Å². The first-order valence-corrected chi connectivity index (χ1v) is 9.48. The van der Waals surface area contributed by atoms with Gasteiger partial charge < -0.3 is 19.5 Å². The molecule has 0 unspecified atom stereocenters. The van der Waals surface area contributed by atoms with Gasteiger partial charge in [0.05, 0.1) is 7.11 Å². The molecule has 0 aliphatic heterocycles. The molecule has 0 aliphatic rings. The van der Waals surface area contributed by atoms with Crippen molar-refractivity contribution in [3.63, 3.8) is 0 Å². The maximum absolute atomic E-state index is 12.0. The smallest absolute Gasteiger partial charge is 0.344 e. The van der Waals surface area contributed by atoms with Gasteiger partial charge in [-0.05, 0) is 48.2 Å². The van der Waals surface area contributed by atoms with Gasteiger partial charge >= 0.3 is 5.97 Å². The molecule has 0 saturated heterocycles. The molecular weight excluding hydrogens is 386 g/mol. The lowest BCUT2D eigenvalue weighted by Crippen LogP contribution is -2.23. The van der Waals surface area contributed by atoms with Gasteiger partial charge in [0.1, 0.15) is 0 Å². The molecule has 7 heteroatoms. The van der Waals surface area contributed by atoms with Crippen molar-refractivity contribution in [2.24, 2.45) is 0 Å². The Morgan fingerprint density at radius 2 is 1.60 bits per heavy atom. The van der Waals surface area contributed by atoms with E-state index < -0.39 is 25.1 Å². The summed E-state index contributed by atoms with van der Waals surface area (Å²) in [5.74, 6) is -0.644. The SMILES string of the molecule is COc1cc(C(C)=O)ccc1OCC(=O)OCC(=O)Nc1ccc(C(C)(C)C)cc1. The van der Waals surface area contributed by atoms with E-state index in [-0.39, 0.29) is 11.2 Å². The zero-order valence-corrected chi connectivity index (χ0v) is 17.9. The summed E-state index contributed by atoms with van der Waals surface area (Å²) in [5, 5.41) is 2.68. The number of ether oxygens (including phenoxy) is 3. The molecule has 0 heterocycles. The highest BCUT2D eigenvalue weighted by Gasteiger charge is 2.14. The van der Waals surface area contributed by atoms with Gasteiger partial charge in [0.25, 0.3) is 5.91 Å². The maximum Gasteiger partial charge on any atom is 0.344 e. The zero-order valence-electron chi connectivity index (χ0n) is 17.9. The van der Waals surface area contributed by atoms with Gasteiger partial charge in [-0.15, -0.1) is 0 Å². The molecule has 2 rings (SSSR count). The van der Waals surface area contributed by atoms with Crippen LogP contribution in [0.2, 0.25) is 0 Å². The van der Waals surface area contributed by atoms with Gasteiger partial charge in [-0.25, -0.2) is 4.79 Å². The number of amides is 1. The number of carbonyl (C=O) groups excluding carboxylic acids is 3. The number of nitrogens with one attached hydrogen (secondary N) is 1. The van der Waals surface area contributed by atoms with Gasteiger partial charge in [0.15, 0.2) is 30.5 Å². The Labute approximate surface area is 176 Å². The van der Waals surface area contributed by atoms with Crippen molar-refractivity contribution in [1.82, 2.24) is 0 Å². The fraction of sp³-hybridized carbons (Fsp3) is 0.348. The molecule has 1 N–H and O–H groups in total. The molecule has 0 aromatic heterocycles. The number of anilines is 1. The highest BCUT2D eigenvalue weighted by molar-refractivity contribution is 5.95. The van der Waals surface area contributed by atoms with E-state index >= 15 is 0 Å². The average Bonchev–Trinajstić information content (AvgIpc) is 2.70. The Morgan fingerprint density at radius 3 is 2.17 bits per heavy atom. The van der Waals surface area contributed by atoms with E-state index in [1.807, 2.05) is 12.1 Å². The Morgan fingerprint density at radius 1 is 0.933 bits per heavy atom. The van der Waals surface area contributed by atoms with E-state index in [4.69, 9.17) is 14.2 Å². The molecule has 2 aromatic carbocycles. The number of ketones is 1. The van der Waals surface area contributed by atoms with Crippen LogP contribution in [0.4, 0.5) is 5.69 Å². The Hall–Kier alpha value is -3.35. The highest BCUT2D eigenvalue weighted by Crippen LogP contribution is 2.28. The minimum atomic E-state index is -0.703. The molecule has 0 spiro atoms. The van der Waals surface area contributed by atoms with Crippen LogP contribution in [-0.4, -0.2) is 38.0 Å². The van der Waals surface area contributed by atoms with Crippen LogP contribution in [0.1, 0.15) is 43.6 Å². The molecule has 160 valence electrons. The number of hydrogen-bond donors (Lipinski definition) is 1. The lowest BCUT2D eigenvalue weighted by Gasteiger charge is -2.19. The maximum atomic E-state index is 12.0. The summed E-state index contributed by atoms with van der Waals surface area (Å²) in [6.07, 6.45) is 0. The van der Waals surface area contributed by atoms with Crippen molar-refractivity contribution < 1.29 is 28.6 Å².